The van der Waals surface area contributed by atoms with E-state index in [1.165, 1.54) is 57.2 Å². The molecule has 1 spiro atoms. The summed E-state index contributed by atoms with van der Waals surface area (Å²) in [7, 11) is 0. The van der Waals surface area contributed by atoms with E-state index in [1.807, 2.05) is 0 Å². The first-order valence-electron chi connectivity index (χ1n) is 10.2. The van der Waals surface area contributed by atoms with Crippen LogP contribution in [-0.4, -0.2) is 41.2 Å². The lowest BCUT2D eigenvalue weighted by Crippen LogP contribution is -2.29. The molecule has 1 N–H and O–H groups in total. The molecule has 1 saturated carbocycles. The number of piperidine rings is 2. The first-order valence-corrected chi connectivity index (χ1v) is 10.2. The van der Waals surface area contributed by atoms with E-state index >= 15 is 0 Å². The predicted octanol–water partition coefficient (Wildman–Crippen LogP) is 4.00. The van der Waals surface area contributed by atoms with Gasteiger partial charge in [0.05, 0.1) is 0 Å². The first kappa shape index (κ1) is 18.9. The van der Waals surface area contributed by atoms with Crippen molar-refractivity contribution in [2.24, 2.45) is 5.41 Å². The highest BCUT2D eigenvalue weighted by Crippen LogP contribution is 2.63. The minimum atomic E-state index is 0. The molecule has 1 unspecified atom stereocenters. The fourth-order valence-electron chi connectivity index (χ4n) is 4.85. The Hall–Kier alpha value is -1.43. The number of aromatic nitrogens is 2. The number of likely N-dealkylation sites (tertiary alicyclic amines) is 1. The summed E-state index contributed by atoms with van der Waals surface area (Å²) in [6, 6.07) is 8.66. The van der Waals surface area contributed by atoms with Crippen molar-refractivity contribution in [3.8, 4) is 11.4 Å². The van der Waals surface area contributed by atoms with Crippen LogP contribution in [0.1, 0.15) is 55.9 Å². The minimum absolute atomic E-state index is 0. The van der Waals surface area contributed by atoms with Crippen molar-refractivity contribution in [3.05, 3.63) is 35.7 Å². The molecule has 3 fully saturated rings. The van der Waals surface area contributed by atoms with Crippen molar-refractivity contribution >= 4 is 12.4 Å². The Balaban J connectivity index is 0.00000180. The number of benzene rings is 1. The molecule has 3 aliphatic rings. The van der Waals surface area contributed by atoms with Crippen LogP contribution in [-0.2, 0) is 6.54 Å². The third-order valence-electron chi connectivity index (χ3n) is 6.57. The van der Waals surface area contributed by atoms with Gasteiger partial charge in [0.25, 0.3) is 0 Å². The van der Waals surface area contributed by atoms with Crippen molar-refractivity contribution < 1.29 is 4.52 Å². The van der Waals surface area contributed by atoms with Crippen LogP contribution < -0.4 is 5.32 Å². The fraction of sp³-hybridized carbons (Fsp3) is 0.619. The van der Waals surface area contributed by atoms with Crippen LogP contribution in [0.25, 0.3) is 11.4 Å². The Morgan fingerprint density at radius 3 is 2.78 bits per heavy atom. The lowest BCUT2D eigenvalue weighted by atomic mass is 9.92. The summed E-state index contributed by atoms with van der Waals surface area (Å²) < 4.78 is 5.67. The van der Waals surface area contributed by atoms with Crippen LogP contribution in [0.4, 0.5) is 0 Å². The fourth-order valence-corrected chi connectivity index (χ4v) is 4.85. The maximum Gasteiger partial charge on any atom is 0.230 e. The number of rotatable bonds is 4. The summed E-state index contributed by atoms with van der Waals surface area (Å²) in [5.74, 6) is 2.07. The predicted molar refractivity (Wildman–Crippen MR) is 108 cm³/mol. The molecule has 5 rings (SSSR count). The molecule has 3 heterocycles. The number of hydrogen-bond donors (Lipinski definition) is 1. The highest BCUT2D eigenvalue weighted by molar-refractivity contribution is 5.85. The highest BCUT2D eigenvalue weighted by Gasteiger charge is 2.57. The third-order valence-corrected chi connectivity index (χ3v) is 6.57. The van der Waals surface area contributed by atoms with Gasteiger partial charge in [0, 0.05) is 18.0 Å². The Kier molecular flexibility index (Phi) is 5.53. The van der Waals surface area contributed by atoms with Gasteiger partial charge in [0.1, 0.15) is 0 Å². The molecular weight excluding hydrogens is 360 g/mol. The minimum Gasteiger partial charge on any atom is -0.339 e. The molecule has 2 saturated heterocycles. The molecular formula is C21H29ClN4O. The quantitative estimate of drug-likeness (QED) is 0.857. The van der Waals surface area contributed by atoms with E-state index in [0.29, 0.717) is 11.3 Å². The number of nitrogens with zero attached hydrogens (tertiary/aromatic N) is 3. The van der Waals surface area contributed by atoms with Crippen LogP contribution >= 0.6 is 12.4 Å². The van der Waals surface area contributed by atoms with Crippen LogP contribution in [0, 0.1) is 5.41 Å². The summed E-state index contributed by atoms with van der Waals surface area (Å²) in [6.07, 6.45) is 7.71. The second-order valence-electron chi connectivity index (χ2n) is 8.36. The average Bonchev–Trinajstić information content (AvgIpc) is 3.15. The van der Waals surface area contributed by atoms with E-state index in [1.54, 1.807) is 0 Å². The monoisotopic (exact) mass is 388 g/mol. The van der Waals surface area contributed by atoms with Crippen molar-refractivity contribution in [1.82, 2.24) is 20.4 Å². The number of nitrogens with one attached hydrogen (secondary N) is 1. The molecule has 2 aromatic rings. The Morgan fingerprint density at radius 2 is 1.96 bits per heavy atom. The van der Waals surface area contributed by atoms with Gasteiger partial charge in [-0.3, -0.25) is 4.90 Å². The molecule has 1 aromatic heterocycles. The molecule has 27 heavy (non-hydrogen) atoms. The Morgan fingerprint density at radius 1 is 1.15 bits per heavy atom. The van der Waals surface area contributed by atoms with Crippen molar-refractivity contribution in [3.63, 3.8) is 0 Å². The normalized spacial score (nSPS) is 24.5. The topological polar surface area (TPSA) is 54.2 Å². The molecule has 5 nitrogen and oxygen atoms in total. The average molecular weight is 389 g/mol. The SMILES string of the molecule is Cl.c1cc(CN2CCCCC2)cc(-c2noc(C3CC34CCNCC4)n2)c1. The van der Waals surface area contributed by atoms with Crippen LogP contribution in [0.15, 0.2) is 28.8 Å². The summed E-state index contributed by atoms with van der Waals surface area (Å²) in [5.41, 5.74) is 2.86. The maximum absolute atomic E-state index is 5.67. The summed E-state index contributed by atoms with van der Waals surface area (Å²) in [6.45, 7) is 5.70. The second kappa shape index (κ2) is 7.90. The van der Waals surface area contributed by atoms with Crippen molar-refractivity contribution in [2.45, 2.75) is 51.0 Å². The zero-order chi connectivity index (χ0) is 17.4. The summed E-state index contributed by atoms with van der Waals surface area (Å²) >= 11 is 0. The van der Waals surface area contributed by atoms with Gasteiger partial charge in [-0.1, -0.05) is 29.8 Å². The molecule has 146 valence electrons. The van der Waals surface area contributed by atoms with Gasteiger partial charge in [0.15, 0.2) is 0 Å². The van der Waals surface area contributed by atoms with Gasteiger partial charge in [-0.15, -0.1) is 12.4 Å². The van der Waals surface area contributed by atoms with Gasteiger partial charge in [0.2, 0.25) is 11.7 Å². The standard InChI is InChI=1S/C21H28N4O.ClH/c1-2-11-25(12-3-1)15-16-5-4-6-17(13-16)19-23-20(26-24-19)18-14-21(18)7-9-22-10-8-21;/h4-6,13,18,22H,1-3,7-12,14-15H2;1H. The third kappa shape index (κ3) is 3.91. The molecule has 0 bridgehead atoms. The first-order chi connectivity index (χ1) is 12.8. The van der Waals surface area contributed by atoms with Gasteiger partial charge in [-0.05, 0) is 75.3 Å². The van der Waals surface area contributed by atoms with Crippen molar-refractivity contribution in [1.29, 1.82) is 0 Å². The molecule has 1 aliphatic carbocycles. The zero-order valence-corrected chi connectivity index (χ0v) is 16.6. The Bertz CT molecular complexity index is 765. The lowest BCUT2D eigenvalue weighted by molar-refractivity contribution is 0.221. The molecule has 0 radical (unpaired) electrons. The highest BCUT2D eigenvalue weighted by atomic mass is 35.5. The molecule has 0 amide bonds. The van der Waals surface area contributed by atoms with Crippen LogP contribution in [0.5, 0.6) is 0 Å². The van der Waals surface area contributed by atoms with Crippen LogP contribution in [0.3, 0.4) is 0 Å². The van der Waals surface area contributed by atoms with E-state index < -0.39 is 0 Å². The van der Waals surface area contributed by atoms with Gasteiger partial charge < -0.3 is 9.84 Å². The van der Waals surface area contributed by atoms with E-state index in [4.69, 9.17) is 9.51 Å². The summed E-state index contributed by atoms with van der Waals surface area (Å²) in [5, 5.41) is 7.75. The molecule has 1 aromatic carbocycles. The van der Waals surface area contributed by atoms with Gasteiger partial charge in [-0.25, -0.2) is 0 Å². The Labute approximate surface area is 167 Å². The number of hydrogen-bond acceptors (Lipinski definition) is 5. The smallest absolute Gasteiger partial charge is 0.230 e. The molecule has 1 atom stereocenters. The van der Waals surface area contributed by atoms with E-state index in [0.717, 1.165) is 36.9 Å². The molecule has 2 aliphatic heterocycles. The van der Waals surface area contributed by atoms with E-state index in [2.05, 4.69) is 39.6 Å². The van der Waals surface area contributed by atoms with Crippen LogP contribution in [0.2, 0.25) is 0 Å². The summed E-state index contributed by atoms with van der Waals surface area (Å²) in [4.78, 5) is 7.32. The zero-order valence-electron chi connectivity index (χ0n) is 15.8. The van der Waals surface area contributed by atoms with Gasteiger partial charge >= 0.3 is 0 Å². The lowest BCUT2D eigenvalue weighted by Gasteiger charge is -2.26. The van der Waals surface area contributed by atoms with E-state index in [9.17, 15) is 0 Å². The second-order valence-corrected chi connectivity index (χ2v) is 8.36. The molecule has 6 heteroatoms. The maximum atomic E-state index is 5.67. The van der Waals surface area contributed by atoms with Crippen molar-refractivity contribution in [2.75, 3.05) is 26.2 Å². The number of halogens is 1. The van der Waals surface area contributed by atoms with E-state index in [-0.39, 0.29) is 12.4 Å². The van der Waals surface area contributed by atoms with Gasteiger partial charge in [-0.2, -0.15) is 4.98 Å². The largest absolute Gasteiger partial charge is 0.339 e.